The Kier molecular flexibility index (Phi) is 3.87. The summed E-state index contributed by atoms with van der Waals surface area (Å²) in [5, 5.41) is 4.86. The summed E-state index contributed by atoms with van der Waals surface area (Å²) >= 11 is 0. The monoisotopic (exact) mass is 302 g/mol. The third kappa shape index (κ3) is 2.37. The highest BCUT2D eigenvalue weighted by Gasteiger charge is 2.31. The van der Waals surface area contributed by atoms with Crippen LogP contribution in [0.15, 0.2) is 10.6 Å². The van der Waals surface area contributed by atoms with Crippen LogP contribution in [0.5, 0.6) is 0 Å². The average molecular weight is 302 g/mol. The van der Waals surface area contributed by atoms with Gasteiger partial charge in [0.05, 0.1) is 16.6 Å². The molecule has 1 aliphatic rings. The molecule has 1 unspecified atom stereocenters. The SMILES string of the molecule is Cc1cc(C(=O)N2CCCC2CN)c2c(C(C)C)noc2n1. The maximum atomic E-state index is 13.0. The Balaban J connectivity index is 2.12. The molecule has 6 heteroatoms. The third-order valence-corrected chi connectivity index (χ3v) is 4.29. The van der Waals surface area contributed by atoms with Gasteiger partial charge >= 0.3 is 0 Å². The summed E-state index contributed by atoms with van der Waals surface area (Å²) in [6, 6.07) is 1.96. The lowest BCUT2D eigenvalue weighted by atomic mass is 10.0. The second kappa shape index (κ2) is 5.68. The van der Waals surface area contributed by atoms with Gasteiger partial charge in [-0.2, -0.15) is 0 Å². The van der Waals surface area contributed by atoms with Crippen molar-refractivity contribution in [2.45, 2.75) is 45.6 Å². The minimum absolute atomic E-state index is 0.00792. The lowest BCUT2D eigenvalue weighted by molar-refractivity contribution is 0.0743. The molecule has 1 atom stereocenters. The van der Waals surface area contributed by atoms with Gasteiger partial charge in [0.1, 0.15) is 0 Å². The van der Waals surface area contributed by atoms with Crippen LogP contribution < -0.4 is 5.73 Å². The molecule has 1 fully saturated rings. The summed E-state index contributed by atoms with van der Waals surface area (Å²) in [7, 11) is 0. The number of amides is 1. The zero-order chi connectivity index (χ0) is 15.9. The van der Waals surface area contributed by atoms with Gasteiger partial charge in [-0.15, -0.1) is 0 Å². The predicted molar refractivity (Wildman–Crippen MR) is 83.7 cm³/mol. The van der Waals surface area contributed by atoms with Gasteiger partial charge in [0.25, 0.3) is 11.6 Å². The van der Waals surface area contributed by atoms with Crippen LogP contribution in [0.3, 0.4) is 0 Å². The van der Waals surface area contributed by atoms with Crippen molar-refractivity contribution in [2.75, 3.05) is 13.1 Å². The number of carbonyl (C=O) groups is 1. The van der Waals surface area contributed by atoms with Crippen molar-refractivity contribution >= 4 is 17.0 Å². The number of nitrogens with two attached hydrogens (primary N) is 1. The van der Waals surface area contributed by atoms with E-state index in [0.717, 1.165) is 36.2 Å². The smallest absolute Gasteiger partial charge is 0.259 e. The first kappa shape index (κ1) is 15.0. The second-order valence-corrected chi connectivity index (χ2v) is 6.24. The lowest BCUT2D eigenvalue weighted by Gasteiger charge is -2.24. The fourth-order valence-corrected chi connectivity index (χ4v) is 3.16. The largest absolute Gasteiger partial charge is 0.335 e. The molecule has 1 amide bonds. The normalized spacial score (nSPS) is 18.6. The van der Waals surface area contributed by atoms with Crippen LogP contribution in [0.2, 0.25) is 0 Å². The molecule has 22 heavy (non-hydrogen) atoms. The van der Waals surface area contributed by atoms with Crippen molar-refractivity contribution in [1.29, 1.82) is 0 Å². The van der Waals surface area contributed by atoms with Gasteiger partial charge in [-0.05, 0) is 31.7 Å². The van der Waals surface area contributed by atoms with Gasteiger partial charge in [0.2, 0.25) is 0 Å². The quantitative estimate of drug-likeness (QED) is 0.939. The van der Waals surface area contributed by atoms with E-state index in [9.17, 15) is 4.79 Å². The summed E-state index contributed by atoms with van der Waals surface area (Å²) in [6.07, 6.45) is 1.97. The zero-order valence-electron chi connectivity index (χ0n) is 13.3. The first-order valence-corrected chi connectivity index (χ1v) is 7.81. The molecule has 0 aliphatic carbocycles. The summed E-state index contributed by atoms with van der Waals surface area (Å²) in [5.74, 6) is 0.176. The maximum absolute atomic E-state index is 13.0. The number of rotatable bonds is 3. The summed E-state index contributed by atoms with van der Waals surface area (Å²) in [6.45, 7) is 7.18. The van der Waals surface area contributed by atoms with Gasteiger partial charge in [-0.25, -0.2) is 4.98 Å². The van der Waals surface area contributed by atoms with Crippen LogP contribution in [0.25, 0.3) is 11.1 Å². The van der Waals surface area contributed by atoms with E-state index in [-0.39, 0.29) is 17.9 Å². The van der Waals surface area contributed by atoms with E-state index >= 15 is 0 Å². The molecule has 0 bridgehead atoms. The van der Waals surface area contributed by atoms with Crippen LogP contribution in [-0.4, -0.2) is 40.1 Å². The van der Waals surface area contributed by atoms with Crippen molar-refractivity contribution < 1.29 is 9.32 Å². The Bertz CT molecular complexity index is 707. The van der Waals surface area contributed by atoms with E-state index in [4.69, 9.17) is 10.3 Å². The minimum atomic E-state index is 0.00792. The number of hydrogen-bond acceptors (Lipinski definition) is 5. The van der Waals surface area contributed by atoms with Gasteiger partial charge in [0, 0.05) is 24.8 Å². The number of nitrogens with zero attached hydrogens (tertiary/aromatic N) is 3. The van der Waals surface area contributed by atoms with Gasteiger partial charge < -0.3 is 15.2 Å². The van der Waals surface area contributed by atoms with E-state index in [1.165, 1.54) is 0 Å². The summed E-state index contributed by atoms with van der Waals surface area (Å²) < 4.78 is 5.34. The highest BCUT2D eigenvalue weighted by molar-refractivity contribution is 6.06. The predicted octanol–water partition coefficient (Wildman–Crippen LogP) is 2.22. The number of fused-ring (bicyclic) bond motifs is 1. The number of likely N-dealkylation sites (tertiary alicyclic amines) is 1. The third-order valence-electron chi connectivity index (χ3n) is 4.29. The number of carbonyl (C=O) groups excluding carboxylic acids is 1. The Morgan fingerprint density at radius 2 is 2.32 bits per heavy atom. The minimum Gasteiger partial charge on any atom is -0.335 e. The Hall–Kier alpha value is -1.95. The molecule has 2 N–H and O–H groups in total. The van der Waals surface area contributed by atoms with Crippen LogP contribution in [0.4, 0.5) is 0 Å². The van der Waals surface area contributed by atoms with Crippen LogP contribution in [0.1, 0.15) is 54.4 Å². The Morgan fingerprint density at radius 1 is 1.55 bits per heavy atom. The molecule has 0 saturated carbocycles. The molecule has 1 aliphatic heterocycles. The molecular formula is C16H22N4O2. The van der Waals surface area contributed by atoms with Gasteiger partial charge in [0.15, 0.2) is 0 Å². The average Bonchev–Trinajstić information content (AvgIpc) is 3.11. The van der Waals surface area contributed by atoms with Crippen molar-refractivity contribution in [3.8, 4) is 0 Å². The molecule has 2 aromatic heterocycles. The first-order valence-electron chi connectivity index (χ1n) is 7.81. The fraction of sp³-hybridized carbons (Fsp3) is 0.562. The zero-order valence-corrected chi connectivity index (χ0v) is 13.3. The molecule has 0 aromatic carbocycles. The Morgan fingerprint density at radius 3 is 3.00 bits per heavy atom. The van der Waals surface area contributed by atoms with E-state index < -0.39 is 0 Å². The fourth-order valence-electron chi connectivity index (χ4n) is 3.16. The second-order valence-electron chi connectivity index (χ2n) is 6.24. The van der Waals surface area contributed by atoms with Crippen LogP contribution >= 0.6 is 0 Å². The Labute approximate surface area is 129 Å². The van der Waals surface area contributed by atoms with E-state index in [1.807, 2.05) is 31.7 Å². The molecule has 3 heterocycles. The molecule has 3 rings (SSSR count). The number of aromatic nitrogens is 2. The van der Waals surface area contributed by atoms with E-state index in [1.54, 1.807) is 0 Å². The van der Waals surface area contributed by atoms with Crippen molar-refractivity contribution in [3.05, 3.63) is 23.0 Å². The molecular weight excluding hydrogens is 280 g/mol. The maximum Gasteiger partial charge on any atom is 0.259 e. The van der Waals surface area contributed by atoms with Crippen LogP contribution in [-0.2, 0) is 0 Å². The summed E-state index contributed by atoms with van der Waals surface area (Å²) in [4.78, 5) is 19.3. The number of pyridine rings is 1. The number of aryl methyl sites for hydroxylation is 1. The van der Waals surface area contributed by atoms with Crippen LogP contribution in [0, 0.1) is 6.92 Å². The van der Waals surface area contributed by atoms with Crippen molar-refractivity contribution in [2.24, 2.45) is 5.73 Å². The number of hydrogen-bond donors (Lipinski definition) is 1. The van der Waals surface area contributed by atoms with E-state index in [2.05, 4.69) is 10.1 Å². The first-order chi connectivity index (χ1) is 10.5. The highest BCUT2D eigenvalue weighted by Crippen LogP contribution is 2.30. The topological polar surface area (TPSA) is 85.2 Å². The molecule has 1 saturated heterocycles. The molecule has 6 nitrogen and oxygen atoms in total. The van der Waals surface area contributed by atoms with Gasteiger partial charge in [-0.1, -0.05) is 19.0 Å². The molecule has 2 aromatic rings. The standard InChI is InChI=1S/C16H22N4O2/c1-9(2)14-13-12(7-10(3)18-15(13)22-19-14)16(21)20-6-4-5-11(20)8-17/h7,9,11H,4-6,8,17H2,1-3H3. The lowest BCUT2D eigenvalue weighted by Crippen LogP contribution is -2.40. The molecule has 118 valence electrons. The molecule has 0 spiro atoms. The highest BCUT2D eigenvalue weighted by atomic mass is 16.5. The summed E-state index contributed by atoms with van der Waals surface area (Å²) in [5.41, 5.74) is 8.42. The van der Waals surface area contributed by atoms with E-state index in [0.29, 0.717) is 17.8 Å². The van der Waals surface area contributed by atoms with Gasteiger partial charge in [-0.3, -0.25) is 4.79 Å². The van der Waals surface area contributed by atoms with Crippen molar-refractivity contribution in [1.82, 2.24) is 15.0 Å². The molecule has 0 radical (unpaired) electrons. The van der Waals surface area contributed by atoms with Crippen molar-refractivity contribution in [3.63, 3.8) is 0 Å².